The van der Waals surface area contributed by atoms with E-state index in [4.69, 9.17) is 10.3 Å². The highest BCUT2D eigenvalue weighted by Crippen LogP contribution is 2.07. The van der Waals surface area contributed by atoms with Crippen molar-refractivity contribution >= 4 is 5.82 Å². The van der Waals surface area contributed by atoms with Crippen molar-refractivity contribution in [2.75, 3.05) is 5.73 Å². The Balaban J connectivity index is 2.18. The monoisotopic (exact) mass is 208 g/mol. The van der Waals surface area contributed by atoms with Crippen molar-refractivity contribution in [3.8, 4) is 0 Å². The summed E-state index contributed by atoms with van der Waals surface area (Å²) in [7, 11) is 0. The Morgan fingerprint density at radius 2 is 2.27 bits per heavy atom. The fourth-order valence-electron chi connectivity index (χ4n) is 1.15. The van der Waals surface area contributed by atoms with Crippen LogP contribution in [-0.4, -0.2) is 25.1 Å². The van der Waals surface area contributed by atoms with Gasteiger partial charge in [-0.3, -0.25) is 0 Å². The van der Waals surface area contributed by atoms with Crippen LogP contribution in [0.15, 0.2) is 4.52 Å². The van der Waals surface area contributed by atoms with Crippen LogP contribution in [0.3, 0.4) is 0 Å². The summed E-state index contributed by atoms with van der Waals surface area (Å²) in [4.78, 5) is 4.17. The normalized spacial score (nSPS) is 10.8. The average molecular weight is 208 g/mol. The first-order chi connectivity index (χ1) is 7.20. The van der Waals surface area contributed by atoms with Crippen molar-refractivity contribution in [1.29, 1.82) is 0 Å². The fraction of sp³-hybridized carbons (Fsp3) is 0.500. The lowest BCUT2D eigenvalue weighted by Crippen LogP contribution is -2.04. The summed E-state index contributed by atoms with van der Waals surface area (Å²) < 4.78 is 6.66. The minimum atomic E-state index is 0.406. The van der Waals surface area contributed by atoms with Crippen LogP contribution in [0.2, 0.25) is 0 Å². The van der Waals surface area contributed by atoms with Gasteiger partial charge >= 0.3 is 0 Å². The second kappa shape index (κ2) is 3.68. The molecule has 80 valence electrons. The number of hydrogen-bond donors (Lipinski definition) is 1. The third-order valence-electron chi connectivity index (χ3n) is 2.13. The van der Waals surface area contributed by atoms with Gasteiger partial charge in [-0.2, -0.15) is 4.98 Å². The molecular formula is C8H12N6O. The lowest BCUT2D eigenvalue weighted by atomic mass is 10.4. The Morgan fingerprint density at radius 1 is 1.47 bits per heavy atom. The Morgan fingerprint density at radius 3 is 2.80 bits per heavy atom. The van der Waals surface area contributed by atoms with Gasteiger partial charge in [-0.05, 0) is 6.92 Å². The zero-order valence-corrected chi connectivity index (χ0v) is 8.64. The zero-order chi connectivity index (χ0) is 10.8. The van der Waals surface area contributed by atoms with Gasteiger partial charge in [0.2, 0.25) is 5.89 Å². The molecule has 7 heteroatoms. The molecule has 0 saturated carbocycles. The van der Waals surface area contributed by atoms with Gasteiger partial charge in [0, 0.05) is 6.42 Å². The van der Waals surface area contributed by atoms with Crippen molar-refractivity contribution in [3.63, 3.8) is 0 Å². The first-order valence-electron chi connectivity index (χ1n) is 4.67. The molecule has 0 atom stereocenters. The molecule has 2 N–H and O–H groups in total. The molecule has 2 aromatic heterocycles. The van der Waals surface area contributed by atoms with Gasteiger partial charge in [-0.15, -0.1) is 5.10 Å². The van der Waals surface area contributed by atoms with E-state index in [0.29, 0.717) is 24.1 Å². The molecule has 0 spiro atoms. The highest BCUT2D eigenvalue weighted by atomic mass is 16.5. The standard InChI is InChI=1S/C8H12N6O/c1-3-6-10-7(15-12-6)4-14-5(2)8(9)11-13-14/h3-4,9H2,1-2H3. The largest absolute Gasteiger partial charge is 0.381 e. The molecule has 0 fully saturated rings. The molecule has 2 aromatic rings. The SMILES string of the molecule is CCc1noc(Cn2nnc(N)c2C)n1. The van der Waals surface area contributed by atoms with E-state index in [2.05, 4.69) is 20.5 Å². The summed E-state index contributed by atoms with van der Waals surface area (Å²) in [6.07, 6.45) is 0.752. The quantitative estimate of drug-likeness (QED) is 0.772. The third kappa shape index (κ3) is 1.80. The van der Waals surface area contributed by atoms with Crippen LogP contribution >= 0.6 is 0 Å². The van der Waals surface area contributed by atoms with Crippen LogP contribution in [0.5, 0.6) is 0 Å². The number of nitrogens with two attached hydrogens (primary N) is 1. The van der Waals surface area contributed by atoms with Gasteiger partial charge in [-0.1, -0.05) is 17.3 Å². The molecule has 0 radical (unpaired) electrons. The molecule has 0 aromatic carbocycles. The third-order valence-corrected chi connectivity index (χ3v) is 2.13. The number of anilines is 1. The Hall–Kier alpha value is -1.92. The summed E-state index contributed by atoms with van der Waals surface area (Å²) in [5.74, 6) is 1.63. The number of nitrogen functional groups attached to an aromatic ring is 1. The van der Waals surface area contributed by atoms with Gasteiger partial charge in [0.15, 0.2) is 11.6 Å². The van der Waals surface area contributed by atoms with E-state index < -0.39 is 0 Å². The smallest absolute Gasteiger partial charge is 0.248 e. The lowest BCUT2D eigenvalue weighted by molar-refractivity contribution is 0.359. The van der Waals surface area contributed by atoms with Crippen LogP contribution in [-0.2, 0) is 13.0 Å². The van der Waals surface area contributed by atoms with Crippen molar-refractivity contribution in [2.45, 2.75) is 26.8 Å². The van der Waals surface area contributed by atoms with Gasteiger partial charge in [0.25, 0.3) is 0 Å². The molecule has 2 heterocycles. The maximum absolute atomic E-state index is 5.56. The first-order valence-corrected chi connectivity index (χ1v) is 4.67. The molecule has 0 unspecified atom stereocenters. The summed E-state index contributed by atoms with van der Waals surface area (Å²) in [6, 6.07) is 0. The van der Waals surface area contributed by atoms with E-state index in [0.717, 1.165) is 12.1 Å². The Labute approximate surface area is 86.3 Å². The van der Waals surface area contributed by atoms with Crippen molar-refractivity contribution in [2.24, 2.45) is 0 Å². The molecule has 0 saturated heterocycles. The summed E-state index contributed by atoms with van der Waals surface area (Å²) in [6.45, 7) is 4.21. The van der Waals surface area contributed by atoms with Crippen LogP contribution in [0.1, 0.15) is 24.3 Å². The molecule has 15 heavy (non-hydrogen) atoms. The first kappa shape index (κ1) is 9.63. The van der Waals surface area contributed by atoms with E-state index in [1.807, 2.05) is 13.8 Å². The van der Waals surface area contributed by atoms with E-state index in [1.165, 1.54) is 0 Å². The molecule has 0 aliphatic carbocycles. The summed E-state index contributed by atoms with van der Waals surface area (Å²) >= 11 is 0. The van der Waals surface area contributed by atoms with E-state index in [9.17, 15) is 0 Å². The number of hydrogen-bond acceptors (Lipinski definition) is 6. The van der Waals surface area contributed by atoms with E-state index in [-0.39, 0.29) is 0 Å². The topological polar surface area (TPSA) is 95.7 Å². The van der Waals surface area contributed by atoms with Gasteiger partial charge in [0.05, 0.1) is 5.69 Å². The maximum Gasteiger partial charge on any atom is 0.248 e. The predicted molar refractivity (Wildman–Crippen MR) is 51.9 cm³/mol. The second-order valence-corrected chi connectivity index (χ2v) is 3.18. The van der Waals surface area contributed by atoms with Crippen molar-refractivity contribution < 1.29 is 4.52 Å². The highest BCUT2D eigenvalue weighted by molar-refractivity contribution is 5.31. The number of aromatic nitrogens is 5. The minimum Gasteiger partial charge on any atom is -0.381 e. The van der Waals surface area contributed by atoms with Crippen molar-refractivity contribution in [1.82, 2.24) is 25.1 Å². The Bertz CT molecular complexity index is 459. The van der Waals surface area contributed by atoms with Crippen molar-refractivity contribution in [3.05, 3.63) is 17.4 Å². The van der Waals surface area contributed by atoms with Gasteiger partial charge < -0.3 is 10.3 Å². The summed E-state index contributed by atoms with van der Waals surface area (Å²) in [5, 5.41) is 11.4. The molecule has 0 aliphatic rings. The minimum absolute atomic E-state index is 0.406. The number of rotatable bonds is 3. The molecule has 2 rings (SSSR count). The van der Waals surface area contributed by atoms with Crippen LogP contribution < -0.4 is 5.73 Å². The molecule has 0 aliphatic heterocycles. The van der Waals surface area contributed by atoms with E-state index in [1.54, 1.807) is 4.68 Å². The molecule has 0 amide bonds. The van der Waals surface area contributed by atoms with Gasteiger partial charge in [-0.25, -0.2) is 4.68 Å². The highest BCUT2D eigenvalue weighted by Gasteiger charge is 2.10. The maximum atomic E-state index is 5.56. The summed E-state index contributed by atoms with van der Waals surface area (Å²) in [5.41, 5.74) is 6.36. The van der Waals surface area contributed by atoms with Crippen LogP contribution in [0, 0.1) is 6.92 Å². The zero-order valence-electron chi connectivity index (χ0n) is 8.64. The molecule has 0 bridgehead atoms. The van der Waals surface area contributed by atoms with Crippen LogP contribution in [0.4, 0.5) is 5.82 Å². The molecular weight excluding hydrogens is 196 g/mol. The fourth-order valence-corrected chi connectivity index (χ4v) is 1.15. The average Bonchev–Trinajstić information content (AvgIpc) is 2.80. The van der Waals surface area contributed by atoms with Gasteiger partial charge in [0.1, 0.15) is 6.54 Å². The predicted octanol–water partition coefficient (Wildman–Crippen LogP) is 0.162. The number of aryl methyl sites for hydroxylation is 1. The second-order valence-electron chi connectivity index (χ2n) is 3.18. The molecule has 7 nitrogen and oxygen atoms in total. The van der Waals surface area contributed by atoms with E-state index >= 15 is 0 Å². The van der Waals surface area contributed by atoms with Crippen LogP contribution in [0.25, 0.3) is 0 Å². The number of nitrogens with zero attached hydrogens (tertiary/aromatic N) is 5. The Kier molecular flexibility index (Phi) is 2.36. The lowest BCUT2D eigenvalue weighted by Gasteiger charge is -1.97.